The normalized spacial score (nSPS) is 12.9. The van der Waals surface area contributed by atoms with Crippen molar-refractivity contribution >= 4 is 17.3 Å². The van der Waals surface area contributed by atoms with Gasteiger partial charge in [0.2, 0.25) is 0 Å². The van der Waals surface area contributed by atoms with Crippen LogP contribution < -0.4 is 9.80 Å². The Morgan fingerprint density at radius 2 is 1.65 bits per heavy atom. The number of rotatable bonds is 5. The van der Waals surface area contributed by atoms with Crippen molar-refractivity contribution < 1.29 is 0 Å². The summed E-state index contributed by atoms with van der Waals surface area (Å²) in [4.78, 5) is 14.4. The lowest BCUT2D eigenvalue weighted by Gasteiger charge is -2.24. The highest BCUT2D eigenvalue weighted by molar-refractivity contribution is 5.71. The first-order valence-corrected chi connectivity index (χ1v) is 9.35. The van der Waals surface area contributed by atoms with Gasteiger partial charge in [-0.1, -0.05) is 48.5 Å². The summed E-state index contributed by atoms with van der Waals surface area (Å²) in [5.41, 5.74) is 3.70. The Labute approximate surface area is 155 Å². The Bertz CT molecular complexity index is 888. The minimum Gasteiger partial charge on any atom is -0.357 e. The van der Waals surface area contributed by atoms with E-state index in [1.54, 1.807) is 0 Å². The lowest BCUT2D eigenvalue weighted by atomic mass is 10.2. The lowest BCUT2D eigenvalue weighted by Crippen LogP contribution is -2.24. The lowest BCUT2D eigenvalue weighted by molar-refractivity contribution is 0.840. The zero-order valence-electron chi connectivity index (χ0n) is 15.4. The quantitative estimate of drug-likeness (QED) is 0.672. The summed E-state index contributed by atoms with van der Waals surface area (Å²) in [6.45, 7) is 7.15. The average Bonchev–Trinajstić information content (AvgIpc) is 3.14. The van der Waals surface area contributed by atoms with Gasteiger partial charge in [-0.25, -0.2) is 9.97 Å². The smallest absolute Gasteiger partial charge is 0.163 e. The third-order valence-corrected chi connectivity index (χ3v) is 4.98. The first-order chi connectivity index (χ1) is 12.8. The number of aromatic nitrogens is 2. The summed E-state index contributed by atoms with van der Waals surface area (Å²) < 4.78 is 0. The average molecular weight is 344 g/mol. The van der Waals surface area contributed by atoms with E-state index in [0.717, 1.165) is 49.1 Å². The van der Waals surface area contributed by atoms with Crippen LogP contribution in [-0.2, 0) is 6.42 Å². The minimum absolute atomic E-state index is 0.786. The van der Waals surface area contributed by atoms with Gasteiger partial charge in [0, 0.05) is 37.0 Å². The maximum absolute atomic E-state index is 4.92. The monoisotopic (exact) mass is 344 g/mol. The number of hydrogen-bond donors (Lipinski definition) is 0. The number of fused-ring (bicyclic) bond motifs is 1. The molecule has 0 unspecified atom stereocenters. The van der Waals surface area contributed by atoms with Crippen LogP contribution in [0.2, 0.25) is 0 Å². The van der Waals surface area contributed by atoms with Crippen molar-refractivity contribution in [3.63, 3.8) is 0 Å². The predicted octanol–water partition coefficient (Wildman–Crippen LogP) is 4.68. The topological polar surface area (TPSA) is 32.3 Å². The van der Waals surface area contributed by atoms with Crippen LogP contribution in [0.4, 0.5) is 17.3 Å². The molecule has 0 spiro atoms. The molecule has 1 aliphatic rings. The second-order valence-corrected chi connectivity index (χ2v) is 6.48. The predicted molar refractivity (Wildman–Crippen MR) is 108 cm³/mol. The molecule has 26 heavy (non-hydrogen) atoms. The molecule has 4 nitrogen and oxygen atoms in total. The van der Waals surface area contributed by atoms with Crippen molar-refractivity contribution in [1.82, 2.24) is 9.97 Å². The molecule has 0 fully saturated rings. The van der Waals surface area contributed by atoms with Gasteiger partial charge in [-0.15, -0.1) is 0 Å². The largest absolute Gasteiger partial charge is 0.357 e. The molecule has 0 saturated heterocycles. The Kier molecular flexibility index (Phi) is 4.57. The van der Waals surface area contributed by atoms with E-state index in [1.807, 2.05) is 18.2 Å². The molecule has 4 heteroatoms. The van der Waals surface area contributed by atoms with Crippen molar-refractivity contribution in [3.8, 4) is 11.4 Å². The Hall–Kier alpha value is -2.88. The molecular weight excluding hydrogens is 320 g/mol. The molecule has 0 atom stereocenters. The van der Waals surface area contributed by atoms with Gasteiger partial charge in [-0.05, 0) is 31.9 Å². The summed E-state index contributed by atoms with van der Waals surface area (Å²) in [5.74, 6) is 2.75. The minimum atomic E-state index is 0.786. The number of para-hydroxylation sites is 1. The highest BCUT2D eigenvalue weighted by Crippen LogP contribution is 2.35. The molecule has 0 N–H and O–H groups in total. The molecule has 3 aromatic rings. The summed E-state index contributed by atoms with van der Waals surface area (Å²) in [5, 5.41) is 0. The number of anilines is 3. The van der Waals surface area contributed by atoms with E-state index in [2.05, 4.69) is 66.1 Å². The van der Waals surface area contributed by atoms with Gasteiger partial charge in [-0.2, -0.15) is 0 Å². The number of hydrogen-bond acceptors (Lipinski definition) is 4. The second-order valence-electron chi connectivity index (χ2n) is 6.48. The van der Waals surface area contributed by atoms with Gasteiger partial charge in [0.15, 0.2) is 5.82 Å². The zero-order valence-corrected chi connectivity index (χ0v) is 15.4. The van der Waals surface area contributed by atoms with E-state index in [9.17, 15) is 0 Å². The van der Waals surface area contributed by atoms with Crippen LogP contribution in [0.25, 0.3) is 11.4 Å². The fraction of sp³-hybridized carbons (Fsp3) is 0.273. The van der Waals surface area contributed by atoms with Crippen molar-refractivity contribution in [2.45, 2.75) is 20.3 Å². The molecule has 4 rings (SSSR count). The Balaban J connectivity index is 1.83. The molecule has 2 aromatic carbocycles. The molecule has 132 valence electrons. The molecule has 0 bridgehead atoms. The SMILES string of the molecule is CCN(CC)c1cc(N2CCc3ccccc32)nc(-c2ccccc2)n1. The van der Waals surface area contributed by atoms with Crippen molar-refractivity contribution in [2.24, 2.45) is 0 Å². The first kappa shape index (κ1) is 16.6. The molecule has 1 aromatic heterocycles. The van der Waals surface area contributed by atoms with E-state index >= 15 is 0 Å². The van der Waals surface area contributed by atoms with Gasteiger partial charge >= 0.3 is 0 Å². The van der Waals surface area contributed by atoms with Crippen LogP contribution in [0.1, 0.15) is 19.4 Å². The van der Waals surface area contributed by atoms with Crippen LogP contribution in [0.15, 0.2) is 60.7 Å². The Morgan fingerprint density at radius 3 is 2.42 bits per heavy atom. The van der Waals surface area contributed by atoms with Crippen molar-refractivity contribution in [3.05, 3.63) is 66.2 Å². The summed E-state index contributed by atoms with van der Waals surface area (Å²) in [6, 6.07) is 21.0. The third-order valence-electron chi connectivity index (χ3n) is 4.98. The maximum Gasteiger partial charge on any atom is 0.163 e. The van der Waals surface area contributed by atoms with E-state index in [4.69, 9.17) is 9.97 Å². The molecule has 0 aliphatic carbocycles. The van der Waals surface area contributed by atoms with Gasteiger partial charge in [0.1, 0.15) is 11.6 Å². The third kappa shape index (κ3) is 3.03. The standard InChI is InChI=1S/C22H24N4/c1-3-25(4-2)20-16-21(24-22(23-20)18-11-6-5-7-12-18)26-15-14-17-10-8-9-13-19(17)26/h5-13,16H,3-4,14-15H2,1-2H3. The first-order valence-electron chi connectivity index (χ1n) is 9.35. The van der Waals surface area contributed by atoms with Gasteiger partial charge in [-0.3, -0.25) is 0 Å². The number of benzene rings is 2. The highest BCUT2D eigenvalue weighted by atomic mass is 15.2. The highest BCUT2D eigenvalue weighted by Gasteiger charge is 2.23. The van der Waals surface area contributed by atoms with Crippen molar-refractivity contribution in [1.29, 1.82) is 0 Å². The van der Waals surface area contributed by atoms with Crippen LogP contribution in [0.3, 0.4) is 0 Å². The van der Waals surface area contributed by atoms with E-state index in [0.29, 0.717) is 0 Å². The zero-order chi connectivity index (χ0) is 17.9. The van der Waals surface area contributed by atoms with Gasteiger partial charge < -0.3 is 9.80 Å². The van der Waals surface area contributed by atoms with Crippen molar-refractivity contribution in [2.75, 3.05) is 29.4 Å². The number of nitrogens with zero attached hydrogens (tertiary/aromatic N) is 4. The van der Waals surface area contributed by atoms with Crippen LogP contribution in [0, 0.1) is 0 Å². The fourth-order valence-corrected chi connectivity index (χ4v) is 3.56. The fourth-order valence-electron chi connectivity index (χ4n) is 3.56. The summed E-state index contributed by atoms with van der Waals surface area (Å²) >= 11 is 0. The summed E-state index contributed by atoms with van der Waals surface area (Å²) in [7, 11) is 0. The molecule has 0 saturated carbocycles. The Morgan fingerprint density at radius 1 is 0.923 bits per heavy atom. The molecule has 2 heterocycles. The van der Waals surface area contributed by atoms with Crippen LogP contribution in [-0.4, -0.2) is 29.6 Å². The van der Waals surface area contributed by atoms with Gasteiger partial charge in [0.25, 0.3) is 0 Å². The molecule has 0 radical (unpaired) electrons. The van der Waals surface area contributed by atoms with Crippen LogP contribution >= 0.6 is 0 Å². The maximum atomic E-state index is 4.92. The molecular formula is C22H24N4. The van der Waals surface area contributed by atoms with E-state index in [1.165, 1.54) is 11.3 Å². The van der Waals surface area contributed by atoms with E-state index in [-0.39, 0.29) is 0 Å². The van der Waals surface area contributed by atoms with Gasteiger partial charge in [0.05, 0.1) is 0 Å². The molecule has 0 amide bonds. The van der Waals surface area contributed by atoms with E-state index < -0.39 is 0 Å². The van der Waals surface area contributed by atoms with Crippen LogP contribution in [0.5, 0.6) is 0 Å². The summed E-state index contributed by atoms with van der Waals surface area (Å²) in [6.07, 6.45) is 1.06. The molecule has 1 aliphatic heterocycles. The second kappa shape index (κ2) is 7.16.